The predicted octanol–water partition coefficient (Wildman–Crippen LogP) is 2.80. The van der Waals surface area contributed by atoms with E-state index in [-0.39, 0.29) is 23.4 Å². The third-order valence-electron chi connectivity index (χ3n) is 2.75. The Morgan fingerprint density at radius 3 is 2.60 bits per heavy atom. The molecule has 20 heavy (non-hydrogen) atoms. The fourth-order valence-electron chi connectivity index (χ4n) is 1.28. The summed E-state index contributed by atoms with van der Waals surface area (Å²) in [7, 11) is 0. The molecule has 1 atom stereocenters. The molecule has 0 spiro atoms. The van der Waals surface area contributed by atoms with Crippen LogP contribution in [0.4, 0.5) is 13.2 Å². The molecule has 1 heterocycles. The van der Waals surface area contributed by atoms with Crippen LogP contribution in [0.1, 0.15) is 31.1 Å². The summed E-state index contributed by atoms with van der Waals surface area (Å²) in [6.07, 6.45) is -3.20. The molecule has 1 amide bonds. The van der Waals surface area contributed by atoms with Crippen molar-refractivity contribution >= 4 is 5.91 Å². The second-order valence-corrected chi connectivity index (χ2v) is 4.77. The molecule has 1 unspecified atom stereocenters. The average molecular weight is 290 g/mol. The van der Waals surface area contributed by atoms with Gasteiger partial charge in [-0.3, -0.25) is 4.79 Å². The van der Waals surface area contributed by atoms with Gasteiger partial charge in [0.25, 0.3) is 5.91 Å². The summed E-state index contributed by atoms with van der Waals surface area (Å²) in [4.78, 5) is 15.7. The average Bonchev–Trinajstić information content (AvgIpc) is 2.35. The SMILES string of the molecule is CC(C)C(C)NC(=O)c1cccnc1OCC(F)(F)F. The predicted molar refractivity (Wildman–Crippen MR) is 67.6 cm³/mol. The first kappa shape index (κ1) is 16.3. The van der Waals surface area contributed by atoms with E-state index < -0.39 is 18.7 Å². The van der Waals surface area contributed by atoms with Crippen molar-refractivity contribution in [3.63, 3.8) is 0 Å². The molecule has 1 N–H and O–H groups in total. The molecule has 0 aliphatic rings. The van der Waals surface area contributed by atoms with Gasteiger partial charge in [-0.15, -0.1) is 0 Å². The zero-order valence-electron chi connectivity index (χ0n) is 11.5. The number of carbonyl (C=O) groups is 1. The fraction of sp³-hybridized carbons (Fsp3) is 0.538. The maximum absolute atomic E-state index is 12.1. The van der Waals surface area contributed by atoms with Crippen molar-refractivity contribution in [2.75, 3.05) is 6.61 Å². The molecular formula is C13H17F3N2O2. The number of nitrogens with one attached hydrogen (secondary N) is 1. The highest BCUT2D eigenvalue weighted by atomic mass is 19.4. The number of pyridine rings is 1. The maximum Gasteiger partial charge on any atom is 0.422 e. The van der Waals surface area contributed by atoms with Crippen molar-refractivity contribution in [3.8, 4) is 5.88 Å². The van der Waals surface area contributed by atoms with Crippen molar-refractivity contribution in [1.29, 1.82) is 0 Å². The van der Waals surface area contributed by atoms with E-state index in [0.717, 1.165) is 0 Å². The van der Waals surface area contributed by atoms with Crippen LogP contribution in [0, 0.1) is 5.92 Å². The topological polar surface area (TPSA) is 51.2 Å². The van der Waals surface area contributed by atoms with E-state index in [0.29, 0.717) is 0 Å². The number of carbonyl (C=O) groups excluding carboxylic acids is 1. The summed E-state index contributed by atoms with van der Waals surface area (Å²) in [5.41, 5.74) is -0.00995. The van der Waals surface area contributed by atoms with Crippen molar-refractivity contribution in [3.05, 3.63) is 23.9 Å². The minimum Gasteiger partial charge on any atom is -0.467 e. The minimum absolute atomic E-state index is 0.00995. The summed E-state index contributed by atoms with van der Waals surface area (Å²) < 4.78 is 41.0. The van der Waals surface area contributed by atoms with Gasteiger partial charge in [0.2, 0.25) is 5.88 Å². The van der Waals surface area contributed by atoms with E-state index >= 15 is 0 Å². The Bertz CT molecular complexity index is 461. The molecule has 0 saturated heterocycles. The third kappa shape index (κ3) is 5.07. The van der Waals surface area contributed by atoms with Gasteiger partial charge in [-0.1, -0.05) is 13.8 Å². The van der Waals surface area contributed by atoms with E-state index in [1.54, 1.807) is 0 Å². The first-order valence-electron chi connectivity index (χ1n) is 6.16. The monoisotopic (exact) mass is 290 g/mol. The number of halogens is 3. The summed E-state index contributed by atoms with van der Waals surface area (Å²) >= 11 is 0. The van der Waals surface area contributed by atoms with Gasteiger partial charge in [0, 0.05) is 12.2 Å². The van der Waals surface area contributed by atoms with Crippen LogP contribution < -0.4 is 10.1 Å². The zero-order valence-corrected chi connectivity index (χ0v) is 11.5. The number of rotatable bonds is 5. The Labute approximate surface area is 115 Å². The first-order chi connectivity index (χ1) is 9.20. The van der Waals surface area contributed by atoms with Crippen LogP contribution in [0.3, 0.4) is 0 Å². The fourth-order valence-corrected chi connectivity index (χ4v) is 1.28. The highest BCUT2D eigenvalue weighted by molar-refractivity contribution is 5.96. The van der Waals surface area contributed by atoms with Crippen molar-refractivity contribution < 1.29 is 22.7 Å². The second kappa shape index (κ2) is 6.58. The van der Waals surface area contributed by atoms with Crippen LogP contribution in [-0.2, 0) is 0 Å². The van der Waals surface area contributed by atoms with Gasteiger partial charge in [-0.25, -0.2) is 4.98 Å². The molecule has 0 saturated carbocycles. The lowest BCUT2D eigenvalue weighted by molar-refractivity contribution is -0.154. The zero-order chi connectivity index (χ0) is 15.3. The van der Waals surface area contributed by atoms with Gasteiger partial charge >= 0.3 is 6.18 Å². The first-order valence-corrected chi connectivity index (χ1v) is 6.16. The molecule has 0 aliphatic carbocycles. The number of amides is 1. The summed E-state index contributed by atoms with van der Waals surface area (Å²) in [6, 6.07) is 2.73. The summed E-state index contributed by atoms with van der Waals surface area (Å²) in [5, 5.41) is 2.69. The molecule has 0 aromatic carbocycles. The van der Waals surface area contributed by atoms with Gasteiger partial charge < -0.3 is 10.1 Å². The third-order valence-corrected chi connectivity index (χ3v) is 2.75. The molecule has 0 bridgehead atoms. The molecule has 7 heteroatoms. The van der Waals surface area contributed by atoms with Gasteiger partial charge in [0.15, 0.2) is 6.61 Å². The highest BCUT2D eigenvalue weighted by Gasteiger charge is 2.29. The van der Waals surface area contributed by atoms with Crippen LogP contribution in [0.2, 0.25) is 0 Å². The quantitative estimate of drug-likeness (QED) is 0.907. The molecule has 0 aliphatic heterocycles. The normalized spacial score (nSPS) is 13.2. The van der Waals surface area contributed by atoms with Crippen LogP contribution in [0.5, 0.6) is 5.88 Å². The second-order valence-electron chi connectivity index (χ2n) is 4.77. The van der Waals surface area contributed by atoms with Crippen molar-refractivity contribution in [2.24, 2.45) is 5.92 Å². The minimum atomic E-state index is -4.48. The molecular weight excluding hydrogens is 273 g/mol. The van der Waals surface area contributed by atoms with Crippen LogP contribution >= 0.6 is 0 Å². The number of alkyl halides is 3. The molecule has 1 aromatic heterocycles. The lowest BCUT2D eigenvalue weighted by Gasteiger charge is -2.18. The van der Waals surface area contributed by atoms with Gasteiger partial charge in [-0.05, 0) is 25.0 Å². The van der Waals surface area contributed by atoms with Crippen LogP contribution in [-0.4, -0.2) is 29.7 Å². The number of nitrogens with zero attached hydrogens (tertiary/aromatic N) is 1. The number of ether oxygens (including phenoxy) is 1. The lowest BCUT2D eigenvalue weighted by Crippen LogP contribution is -2.36. The summed E-state index contributed by atoms with van der Waals surface area (Å²) in [6.45, 7) is 4.18. The Hall–Kier alpha value is -1.79. The Morgan fingerprint density at radius 1 is 1.40 bits per heavy atom. The lowest BCUT2D eigenvalue weighted by atomic mass is 10.1. The number of aromatic nitrogens is 1. The standard InChI is InChI=1S/C13H17F3N2O2/c1-8(2)9(3)18-11(19)10-5-4-6-17-12(10)20-7-13(14,15)16/h4-6,8-9H,7H2,1-3H3,(H,18,19). The highest BCUT2D eigenvalue weighted by Crippen LogP contribution is 2.20. The summed E-state index contributed by atoms with van der Waals surface area (Å²) in [5.74, 6) is -0.620. The maximum atomic E-state index is 12.1. The van der Waals surface area contributed by atoms with E-state index in [9.17, 15) is 18.0 Å². The van der Waals surface area contributed by atoms with Gasteiger partial charge in [-0.2, -0.15) is 13.2 Å². The molecule has 4 nitrogen and oxygen atoms in total. The molecule has 1 aromatic rings. The van der Waals surface area contributed by atoms with E-state index in [1.807, 2.05) is 20.8 Å². The van der Waals surface area contributed by atoms with Gasteiger partial charge in [0.1, 0.15) is 5.56 Å². The molecule has 0 radical (unpaired) electrons. The Balaban J connectivity index is 2.82. The van der Waals surface area contributed by atoms with E-state index in [4.69, 9.17) is 0 Å². The van der Waals surface area contributed by atoms with Gasteiger partial charge in [0.05, 0.1) is 0 Å². The molecule has 1 rings (SSSR count). The smallest absolute Gasteiger partial charge is 0.422 e. The number of hydrogen-bond donors (Lipinski definition) is 1. The van der Waals surface area contributed by atoms with Crippen molar-refractivity contribution in [2.45, 2.75) is 33.0 Å². The Morgan fingerprint density at radius 2 is 2.05 bits per heavy atom. The molecule has 0 fully saturated rings. The van der Waals surface area contributed by atoms with E-state index in [2.05, 4.69) is 15.0 Å². The largest absolute Gasteiger partial charge is 0.467 e. The van der Waals surface area contributed by atoms with Crippen LogP contribution in [0.15, 0.2) is 18.3 Å². The number of hydrogen-bond acceptors (Lipinski definition) is 3. The van der Waals surface area contributed by atoms with E-state index in [1.165, 1.54) is 18.3 Å². The van der Waals surface area contributed by atoms with Crippen LogP contribution in [0.25, 0.3) is 0 Å². The molecule has 112 valence electrons. The Kier molecular flexibility index (Phi) is 5.35. The van der Waals surface area contributed by atoms with Crippen molar-refractivity contribution in [1.82, 2.24) is 10.3 Å².